The topological polar surface area (TPSA) is 134 Å². The van der Waals surface area contributed by atoms with E-state index >= 15 is 0 Å². The lowest BCUT2D eigenvalue weighted by Crippen LogP contribution is -2.50. The molecule has 0 atom stereocenters. The highest BCUT2D eigenvalue weighted by Gasteiger charge is 2.34. The number of carbonyl (C=O) groups excluding carboxylic acids is 1. The fraction of sp³-hybridized carbons (Fsp3) is 0.333. The highest BCUT2D eigenvalue weighted by Crippen LogP contribution is 2.24. The van der Waals surface area contributed by atoms with Gasteiger partial charge in [0.1, 0.15) is 5.56 Å². The molecule has 1 aliphatic rings. The standard InChI is InChI=1S/C15H16N4O6S2/c1-10-14(26-15(21)16-10)27(24,25)18-8-6-17(7-9-18)13(20)11-4-2-3-5-12(11)19(22)23/h2-5H,6-9H2,1H3,(H,16,21). The van der Waals surface area contributed by atoms with E-state index in [0.29, 0.717) is 11.3 Å². The second kappa shape index (κ2) is 7.21. The number of nitro benzene ring substituents is 1. The monoisotopic (exact) mass is 412 g/mol. The predicted molar refractivity (Wildman–Crippen MR) is 97.4 cm³/mol. The molecule has 2 heterocycles. The first kappa shape index (κ1) is 19.2. The minimum absolute atomic E-state index is 0.0292. The summed E-state index contributed by atoms with van der Waals surface area (Å²) in [5.74, 6) is -0.512. The van der Waals surface area contributed by atoms with E-state index in [-0.39, 0.29) is 47.3 Å². The van der Waals surface area contributed by atoms with Crippen molar-refractivity contribution in [1.29, 1.82) is 0 Å². The second-order valence-corrected chi connectivity index (χ2v) is 9.01. The maximum atomic E-state index is 12.7. The summed E-state index contributed by atoms with van der Waals surface area (Å²) in [6.07, 6.45) is 0. The van der Waals surface area contributed by atoms with Crippen molar-refractivity contribution < 1.29 is 18.1 Å². The van der Waals surface area contributed by atoms with Gasteiger partial charge in [0.25, 0.3) is 21.6 Å². The Morgan fingerprint density at radius 2 is 1.85 bits per heavy atom. The average Bonchev–Trinajstić information content (AvgIpc) is 3.00. The number of carbonyl (C=O) groups is 1. The number of H-pyrrole nitrogens is 1. The van der Waals surface area contributed by atoms with Crippen molar-refractivity contribution in [2.24, 2.45) is 0 Å². The van der Waals surface area contributed by atoms with Crippen molar-refractivity contribution in [3.8, 4) is 0 Å². The fourth-order valence-corrected chi connectivity index (χ4v) is 5.73. The molecule has 3 rings (SSSR count). The summed E-state index contributed by atoms with van der Waals surface area (Å²) in [7, 11) is -3.83. The number of aryl methyl sites for hydroxylation is 1. The van der Waals surface area contributed by atoms with Crippen LogP contribution in [0.15, 0.2) is 33.3 Å². The number of nitrogens with one attached hydrogen (secondary N) is 1. The van der Waals surface area contributed by atoms with E-state index < -0.39 is 25.7 Å². The smallest absolute Gasteiger partial charge is 0.305 e. The molecule has 1 aromatic heterocycles. The molecule has 144 valence electrons. The Balaban J connectivity index is 1.76. The summed E-state index contributed by atoms with van der Waals surface area (Å²) < 4.78 is 26.6. The van der Waals surface area contributed by atoms with Gasteiger partial charge < -0.3 is 9.88 Å². The molecule has 0 unspecified atom stereocenters. The highest BCUT2D eigenvalue weighted by molar-refractivity contribution is 7.91. The zero-order chi connectivity index (χ0) is 19.8. The van der Waals surface area contributed by atoms with Crippen LogP contribution < -0.4 is 4.87 Å². The van der Waals surface area contributed by atoms with E-state index in [1.54, 1.807) is 0 Å². The molecular formula is C15H16N4O6S2. The van der Waals surface area contributed by atoms with Gasteiger partial charge in [-0.1, -0.05) is 23.5 Å². The third-order valence-corrected chi connectivity index (χ3v) is 7.69. The third-order valence-electron chi connectivity index (χ3n) is 4.21. The lowest BCUT2D eigenvalue weighted by atomic mass is 10.1. The van der Waals surface area contributed by atoms with Gasteiger partial charge in [-0.05, 0) is 13.0 Å². The number of amides is 1. The predicted octanol–water partition coefficient (Wildman–Crippen LogP) is 0.800. The van der Waals surface area contributed by atoms with Crippen LogP contribution in [0.2, 0.25) is 0 Å². The van der Waals surface area contributed by atoms with Crippen molar-refractivity contribution in [3.63, 3.8) is 0 Å². The molecule has 12 heteroatoms. The van der Waals surface area contributed by atoms with Crippen LogP contribution in [0, 0.1) is 17.0 Å². The van der Waals surface area contributed by atoms with Gasteiger partial charge in [0.2, 0.25) is 0 Å². The van der Waals surface area contributed by atoms with E-state index in [2.05, 4.69) is 4.98 Å². The van der Waals surface area contributed by atoms with Gasteiger partial charge in [-0.25, -0.2) is 8.42 Å². The molecule has 0 spiro atoms. The Morgan fingerprint density at radius 3 is 2.41 bits per heavy atom. The summed E-state index contributed by atoms with van der Waals surface area (Å²) in [5.41, 5.74) is -0.0350. The van der Waals surface area contributed by atoms with Crippen molar-refractivity contribution >= 4 is 33.0 Å². The molecule has 1 fully saturated rings. The molecule has 10 nitrogen and oxygen atoms in total. The van der Waals surface area contributed by atoms with Crippen LogP contribution in [0.4, 0.5) is 5.69 Å². The Hall–Kier alpha value is -2.57. The van der Waals surface area contributed by atoms with Gasteiger partial charge in [0.15, 0.2) is 4.21 Å². The molecule has 0 bridgehead atoms. The molecule has 1 aromatic carbocycles. The summed E-state index contributed by atoms with van der Waals surface area (Å²) in [5, 5.41) is 11.1. The van der Waals surface area contributed by atoms with E-state index in [0.717, 1.165) is 0 Å². The molecule has 1 amide bonds. The Morgan fingerprint density at radius 1 is 1.22 bits per heavy atom. The van der Waals surface area contributed by atoms with Gasteiger partial charge in [-0.3, -0.25) is 19.7 Å². The van der Waals surface area contributed by atoms with Crippen LogP contribution in [0.25, 0.3) is 0 Å². The number of aromatic nitrogens is 1. The molecule has 2 aromatic rings. The number of para-hydroxylation sites is 1. The largest absolute Gasteiger partial charge is 0.336 e. The minimum atomic E-state index is -3.83. The van der Waals surface area contributed by atoms with Crippen LogP contribution in [0.5, 0.6) is 0 Å². The summed E-state index contributed by atoms with van der Waals surface area (Å²) in [6, 6.07) is 5.65. The van der Waals surface area contributed by atoms with E-state index in [9.17, 15) is 28.1 Å². The zero-order valence-electron chi connectivity index (χ0n) is 14.2. The SMILES string of the molecule is Cc1[nH]c(=O)sc1S(=O)(=O)N1CCN(C(=O)c2ccccc2[N+](=O)[O-])CC1. The van der Waals surface area contributed by atoms with E-state index in [1.807, 2.05) is 0 Å². The van der Waals surface area contributed by atoms with Gasteiger partial charge in [-0.15, -0.1) is 0 Å². The number of hydrogen-bond donors (Lipinski definition) is 1. The van der Waals surface area contributed by atoms with Gasteiger partial charge in [0, 0.05) is 37.9 Å². The van der Waals surface area contributed by atoms with Crippen molar-refractivity contribution in [2.45, 2.75) is 11.1 Å². The fourth-order valence-electron chi connectivity index (χ4n) is 2.87. The average molecular weight is 412 g/mol. The van der Waals surface area contributed by atoms with Crippen LogP contribution in [0.3, 0.4) is 0 Å². The van der Waals surface area contributed by atoms with Crippen LogP contribution in [0.1, 0.15) is 16.1 Å². The summed E-state index contributed by atoms with van der Waals surface area (Å²) >= 11 is 0.628. The Kier molecular flexibility index (Phi) is 5.13. The quantitative estimate of drug-likeness (QED) is 0.583. The van der Waals surface area contributed by atoms with Crippen LogP contribution in [-0.2, 0) is 10.0 Å². The van der Waals surface area contributed by atoms with Gasteiger partial charge >= 0.3 is 4.87 Å². The van der Waals surface area contributed by atoms with Crippen LogP contribution >= 0.6 is 11.3 Å². The maximum absolute atomic E-state index is 12.7. The number of sulfonamides is 1. The molecule has 1 saturated heterocycles. The number of benzene rings is 1. The summed E-state index contributed by atoms with van der Waals surface area (Å²) in [4.78, 5) is 37.9. The molecule has 1 N–H and O–H groups in total. The van der Waals surface area contributed by atoms with Gasteiger partial charge in [0.05, 0.1) is 4.92 Å². The first-order valence-corrected chi connectivity index (χ1v) is 10.2. The lowest BCUT2D eigenvalue weighted by Gasteiger charge is -2.33. The van der Waals surface area contributed by atoms with Crippen molar-refractivity contribution in [2.75, 3.05) is 26.2 Å². The Bertz CT molecular complexity index is 1050. The first-order chi connectivity index (χ1) is 12.7. The van der Waals surface area contributed by atoms with Gasteiger partial charge in [-0.2, -0.15) is 4.31 Å². The third kappa shape index (κ3) is 3.63. The minimum Gasteiger partial charge on any atom is -0.336 e. The summed E-state index contributed by atoms with van der Waals surface area (Å²) in [6.45, 7) is 1.80. The number of nitrogens with zero attached hydrogens (tertiary/aromatic N) is 3. The van der Waals surface area contributed by atoms with Crippen LogP contribution in [-0.4, -0.2) is 59.6 Å². The number of rotatable bonds is 4. The molecule has 1 aliphatic heterocycles. The number of piperazine rings is 1. The molecule has 0 radical (unpaired) electrons. The van der Waals surface area contributed by atoms with Crippen molar-refractivity contribution in [3.05, 3.63) is 55.3 Å². The normalized spacial score (nSPS) is 15.7. The molecule has 0 saturated carbocycles. The maximum Gasteiger partial charge on any atom is 0.305 e. The number of nitro groups is 1. The first-order valence-electron chi connectivity index (χ1n) is 7.94. The number of hydrogen-bond acceptors (Lipinski definition) is 7. The number of thiazole rings is 1. The lowest BCUT2D eigenvalue weighted by molar-refractivity contribution is -0.385. The molecule has 0 aliphatic carbocycles. The van der Waals surface area contributed by atoms with E-state index in [4.69, 9.17) is 0 Å². The Labute approximate surface area is 158 Å². The zero-order valence-corrected chi connectivity index (χ0v) is 15.9. The highest BCUT2D eigenvalue weighted by atomic mass is 32.2. The number of aromatic amines is 1. The molecular weight excluding hydrogens is 396 g/mol. The molecule has 27 heavy (non-hydrogen) atoms. The second-order valence-electron chi connectivity index (χ2n) is 5.90. The van der Waals surface area contributed by atoms with E-state index in [1.165, 1.54) is 40.4 Å². The van der Waals surface area contributed by atoms with Crippen molar-refractivity contribution in [1.82, 2.24) is 14.2 Å².